The number of ether oxygens (including phenoxy) is 2. The molecule has 2 atom stereocenters. The van der Waals surface area contributed by atoms with Crippen LogP contribution in [0.25, 0.3) is 11.1 Å². The molecule has 1 aliphatic rings. The number of amides is 2. The van der Waals surface area contributed by atoms with Gasteiger partial charge >= 0.3 is 12.1 Å². The van der Waals surface area contributed by atoms with Crippen LogP contribution in [0.5, 0.6) is 0 Å². The number of rotatable bonds is 13. The average molecular weight is 483 g/mol. The number of fused-ring (bicyclic) bond motifs is 3. The van der Waals surface area contributed by atoms with Gasteiger partial charge in [-0.05, 0) is 28.7 Å². The van der Waals surface area contributed by atoms with Gasteiger partial charge in [-0.3, -0.25) is 9.59 Å². The Hall–Kier alpha value is -3.39. The summed E-state index contributed by atoms with van der Waals surface area (Å²) in [5.41, 5.74) is 4.46. The highest BCUT2D eigenvalue weighted by atomic mass is 16.5. The molecule has 0 spiro atoms. The zero-order valence-corrected chi connectivity index (χ0v) is 20.3. The van der Waals surface area contributed by atoms with Crippen LogP contribution < -0.4 is 10.6 Å². The van der Waals surface area contributed by atoms with E-state index in [-0.39, 0.29) is 32.0 Å². The molecular weight excluding hydrogens is 448 g/mol. The SMILES string of the molecule is CCCC[C@@H](CC(=O)O)NC(=O)C(CCOC)NC(=O)OCC1c2ccccc2-c2ccccc21. The Bertz CT molecular complexity index is 979. The molecule has 188 valence electrons. The normalized spacial score (nSPS) is 13.9. The molecule has 35 heavy (non-hydrogen) atoms. The molecule has 0 bridgehead atoms. The predicted octanol–water partition coefficient (Wildman–Crippen LogP) is 4.08. The largest absolute Gasteiger partial charge is 0.481 e. The van der Waals surface area contributed by atoms with Crippen LogP contribution in [0, 0.1) is 0 Å². The molecule has 0 heterocycles. The quantitative estimate of drug-likeness (QED) is 0.396. The summed E-state index contributed by atoms with van der Waals surface area (Å²) in [4.78, 5) is 36.8. The van der Waals surface area contributed by atoms with Crippen molar-refractivity contribution in [1.82, 2.24) is 10.6 Å². The lowest BCUT2D eigenvalue weighted by Crippen LogP contribution is -2.50. The van der Waals surface area contributed by atoms with E-state index in [1.807, 2.05) is 43.3 Å². The lowest BCUT2D eigenvalue weighted by molar-refractivity contribution is -0.137. The van der Waals surface area contributed by atoms with E-state index in [0.29, 0.717) is 6.42 Å². The molecule has 3 rings (SSSR count). The summed E-state index contributed by atoms with van der Waals surface area (Å²) in [5.74, 6) is -1.52. The minimum Gasteiger partial charge on any atom is -0.481 e. The number of hydrogen-bond acceptors (Lipinski definition) is 5. The van der Waals surface area contributed by atoms with Crippen molar-refractivity contribution in [2.24, 2.45) is 0 Å². The Labute approximate surface area is 206 Å². The molecule has 1 unspecified atom stereocenters. The fourth-order valence-electron chi connectivity index (χ4n) is 4.48. The molecule has 8 nitrogen and oxygen atoms in total. The first kappa shape index (κ1) is 26.2. The summed E-state index contributed by atoms with van der Waals surface area (Å²) in [7, 11) is 1.51. The van der Waals surface area contributed by atoms with Crippen molar-refractivity contribution in [3.05, 3.63) is 59.7 Å². The Morgan fingerprint density at radius 2 is 1.60 bits per heavy atom. The van der Waals surface area contributed by atoms with Crippen LogP contribution in [-0.4, -0.2) is 55.5 Å². The number of aliphatic carboxylic acids is 1. The van der Waals surface area contributed by atoms with E-state index in [1.165, 1.54) is 7.11 Å². The van der Waals surface area contributed by atoms with Gasteiger partial charge in [0.2, 0.25) is 5.91 Å². The first-order valence-corrected chi connectivity index (χ1v) is 12.1. The maximum Gasteiger partial charge on any atom is 0.407 e. The van der Waals surface area contributed by atoms with E-state index in [1.54, 1.807) is 0 Å². The minimum atomic E-state index is -0.982. The van der Waals surface area contributed by atoms with Gasteiger partial charge in [0.15, 0.2) is 0 Å². The number of methoxy groups -OCH3 is 1. The lowest BCUT2D eigenvalue weighted by atomic mass is 9.98. The van der Waals surface area contributed by atoms with Crippen LogP contribution in [0.4, 0.5) is 4.79 Å². The molecule has 0 radical (unpaired) electrons. The van der Waals surface area contributed by atoms with Crippen molar-refractivity contribution in [3.8, 4) is 11.1 Å². The molecule has 2 amide bonds. The molecule has 0 saturated carbocycles. The summed E-state index contributed by atoms with van der Waals surface area (Å²) in [6.45, 7) is 2.39. The summed E-state index contributed by atoms with van der Waals surface area (Å²) in [5, 5.41) is 14.6. The zero-order chi connectivity index (χ0) is 25.2. The topological polar surface area (TPSA) is 114 Å². The number of carbonyl (C=O) groups is 3. The second-order valence-corrected chi connectivity index (χ2v) is 8.75. The van der Waals surface area contributed by atoms with E-state index in [9.17, 15) is 19.5 Å². The van der Waals surface area contributed by atoms with Crippen molar-refractivity contribution < 1.29 is 29.0 Å². The number of hydrogen-bond donors (Lipinski definition) is 3. The molecule has 3 N–H and O–H groups in total. The van der Waals surface area contributed by atoms with Gasteiger partial charge in [0.25, 0.3) is 0 Å². The van der Waals surface area contributed by atoms with E-state index in [4.69, 9.17) is 9.47 Å². The third-order valence-electron chi connectivity index (χ3n) is 6.24. The second-order valence-electron chi connectivity index (χ2n) is 8.75. The predicted molar refractivity (Wildman–Crippen MR) is 132 cm³/mol. The monoisotopic (exact) mass is 482 g/mol. The van der Waals surface area contributed by atoms with Crippen LogP contribution in [0.15, 0.2) is 48.5 Å². The van der Waals surface area contributed by atoms with Gasteiger partial charge < -0.3 is 25.2 Å². The molecular formula is C27H34N2O6. The number of nitrogens with one attached hydrogen (secondary N) is 2. The van der Waals surface area contributed by atoms with Crippen LogP contribution in [0.2, 0.25) is 0 Å². The van der Waals surface area contributed by atoms with E-state index >= 15 is 0 Å². The molecule has 0 aromatic heterocycles. The van der Waals surface area contributed by atoms with E-state index in [2.05, 4.69) is 22.8 Å². The van der Waals surface area contributed by atoms with Crippen molar-refractivity contribution in [3.63, 3.8) is 0 Å². The number of carboxylic acid groups (broad SMARTS) is 1. The molecule has 8 heteroatoms. The fourth-order valence-corrected chi connectivity index (χ4v) is 4.48. The fraction of sp³-hybridized carbons (Fsp3) is 0.444. The number of carboxylic acids is 1. The molecule has 0 saturated heterocycles. The summed E-state index contributed by atoms with van der Waals surface area (Å²) >= 11 is 0. The zero-order valence-electron chi connectivity index (χ0n) is 20.3. The first-order chi connectivity index (χ1) is 16.9. The average Bonchev–Trinajstić information content (AvgIpc) is 3.17. The van der Waals surface area contributed by atoms with Gasteiger partial charge in [-0.15, -0.1) is 0 Å². The first-order valence-electron chi connectivity index (χ1n) is 12.1. The van der Waals surface area contributed by atoms with E-state index in [0.717, 1.165) is 35.1 Å². The van der Waals surface area contributed by atoms with Crippen molar-refractivity contribution in [2.45, 2.75) is 57.0 Å². The standard InChI is InChI=1S/C27H34N2O6/c1-3-4-9-18(16-25(30)31)28-26(32)24(14-15-34-2)29-27(33)35-17-23-21-12-7-5-10-19(21)20-11-6-8-13-22(20)23/h5-8,10-13,18,23-24H,3-4,9,14-17H2,1-2H3,(H,28,32)(H,29,33)(H,30,31)/t18-,24?/m0/s1. The number of carbonyl (C=O) groups excluding carboxylic acids is 2. The Balaban J connectivity index is 1.63. The maximum atomic E-state index is 12.9. The summed E-state index contributed by atoms with van der Waals surface area (Å²) < 4.78 is 10.7. The van der Waals surface area contributed by atoms with Crippen molar-refractivity contribution in [1.29, 1.82) is 0 Å². The van der Waals surface area contributed by atoms with E-state index < -0.39 is 30.1 Å². The van der Waals surface area contributed by atoms with Gasteiger partial charge in [0, 0.05) is 32.1 Å². The van der Waals surface area contributed by atoms with Crippen molar-refractivity contribution in [2.75, 3.05) is 20.3 Å². The number of alkyl carbamates (subject to hydrolysis) is 1. The molecule has 2 aromatic carbocycles. The smallest absolute Gasteiger partial charge is 0.407 e. The van der Waals surface area contributed by atoms with Gasteiger partial charge in [0.05, 0.1) is 6.42 Å². The molecule has 0 fully saturated rings. The maximum absolute atomic E-state index is 12.9. The third kappa shape index (κ3) is 7.05. The van der Waals surface area contributed by atoms with Crippen LogP contribution in [-0.2, 0) is 19.1 Å². The summed E-state index contributed by atoms with van der Waals surface area (Å²) in [6, 6.07) is 14.7. The highest BCUT2D eigenvalue weighted by Gasteiger charge is 2.30. The minimum absolute atomic E-state index is 0.0895. The number of benzene rings is 2. The second kappa shape index (κ2) is 12.9. The Morgan fingerprint density at radius 3 is 2.17 bits per heavy atom. The van der Waals surface area contributed by atoms with Gasteiger partial charge in [-0.2, -0.15) is 0 Å². The lowest BCUT2D eigenvalue weighted by Gasteiger charge is -2.23. The highest BCUT2D eigenvalue weighted by molar-refractivity contribution is 5.86. The van der Waals surface area contributed by atoms with Gasteiger partial charge in [-0.1, -0.05) is 68.3 Å². The van der Waals surface area contributed by atoms with Gasteiger partial charge in [0.1, 0.15) is 12.6 Å². The number of unbranched alkanes of at least 4 members (excludes halogenated alkanes) is 1. The van der Waals surface area contributed by atoms with Crippen molar-refractivity contribution >= 4 is 18.0 Å². The Morgan fingerprint density at radius 1 is 0.971 bits per heavy atom. The third-order valence-corrected chi connectivity index (χ3v) is 6.24. The van der Waals surface area contributed by atoms with Crippen LogP contribution >= 0.6 is 0 Å². The molecule has 1 aliphatic carbocycles. The van der Waals surface area contributed by atoms with Gasteiger partial charge in [-0.25, -0.2) is 4.79 Å². The Kier molecular flexibility index (Phi) is 9.66. The van der Waals surface area contributed by atoms with Crippen LogP contribution in [0.3, 0.4) is 0 Å². The molecule has 0 aliphatic heterocycles. The highest BCUT2D eigenvalue weighted by Crippen LogP contribution is 2.44. The summed E-state index contributed by atoms with van der Waals surface area (Å²) in [6.07, 6.45) is 1.59. The molecule has 2 aromatic rings. The van der Waals surface area contributed by atoms with Crippen LogP contribution in [0.1, 0.15) is 56.1 Å².